The van der Waals surface area contributed by atoms with Gasteiger partial charge >= 0.3 is 0 Å². The molecule has 1 aliphatic carbocycles. The minimum atomic E-state index is -0.728. The normalized spacial score (nSPS) is 19.2. The van der Waals surface area contributed by atoms with Gasteiger partial charge in [0.1, 0.15) is 29.4 Å². The molecule has 0 bridgehead atoms. The van der Waals surface area contributed by atoms with Crippen LogP contribution in [0, 0.1) is 17.8 Å². The molecule has 2 aliphatic heterocycles. The van der Waals surface area contributed by atoms with E-state index in [1.54, 1.807) is 6.20 Å². The molecule has 8 rings (SSSR count). The maximum Gasteiger partial charge on any atom is 0.250 e. The summed E-state index contributed by atoms with van der Waals surface area (Å²) in [6, 6.07) is 25.9. The predicted octanol–water partition coefficient (Wildman–Crippen LogP) is 6.10. The van der Waals surface area contributed by atoms with Crippen LogP contribution >= 0.6 is 0 Å². The Kier molecular flexibility index (Phi) is 10.3. The molecule has 3 amide bonds. The van der Waals surface area contributed by atoms with Crippen LogP contribution in [0.3, 0.4) is 0 Å². The standard InChI is InChI=1S/C44H46N8O3/c1-50(2)39(32-13-7-4-8-14-32)44(55)52-26-10-15-36(52)40-45-27-34(47-40)24-19-29-17-20-30(21-18-29)35-28-46-41(48-35)37-16-9-25-51(37)43(54)38(31-11-5-3-6-12-31)49-42(53)33-22-23-33/h3-8,11-14,17-18,20-21,27-28,33,36-39H,9-10,15-16,22-23,25-26H2,1-2H3,(H,45,47)(H,46,48)(H,49,53)/t36-,37-,38+,39+/m0/s1. The van der Waals surface area contributed by atoms with Crippen molar-refractivity contribution in [3.05, 3.63) is 131 Å². The van der Waals surface area contributed by atoms with E-state index in [1.165, 1.54) is 0 Å². The van der Waals surface area contributed by atoms with Crippen molar-refractivity contribution < 1.29 is 14.4 Å². The Bertz CT molecular complexity index is 2200. The molecule has 1 saturated carbocycles. The van der Waals surface area contributed by atoms with Gasteiger partial charge in [0.05, 0.1) is 30.2 Å². The quantitative estimate of drug-likeness (QED) is 0.149. The van der Waals surface area contributed by atoms with Crippen molar-refractivity contribution in [2.75, 3.05) is 27.2 Å². The predicted molar refractivity (Wildman–Crippen MR) is 209 cm³/mol. The average Bonchev–Trinajstić information content (AvgIpc) is 3.64. The highest BCUT2D eigenvalue weighted by molar-refractivity contribution is 5.90. The Balaban J connectivity index is 0.925. The van der Waals surface area contributed by atoms with Crippen molar-refractivity contribution >= 4 is 17.7 Å². The SMILES string of the molecule is CN(C)[C@@H](C(=O)N1CCC[C@H]1c1ncc(C#Cc2ccc(-c3cnc([C@@H]4CCCN4C(=O)[C@H](NC(=O)C4CC4)c4ccccc4)[nH]3)cc2)[nH]1)c1ccccc1. The van der Waals surface area contributed by atoms with Crippen molar-refractivity contribution in [3.8, 4) is 23.1 Å². The van der Waals surface area contributed by atoms with Crippen LogP contribution in [-0.2, 0) is 14.4 Å². The Morgan fingerprint density at radius 2 is 1.33 bits per heavy atom. The molecule has 2 aromatic heterocycles. The molecule has 3 aliphatic rings. The van der Waals surface area contributed by atoms with Gasteiger partial charge in [0.2, 0.25) is 17.7 Å². The molecular formula is C44H46N8O3. The molecule has 4 atom stereocenters. The first kappa shape index (κ1) is 36.0. The molecular weight excluding hydrogens is 689 g/mol. The lowest BCUT2D eigenvalue weighted by molar-refractivity contribution is -0.138. The fraction of sp³-hybridized carbons (Fsp3) is 0.341. The van der Waals surface area contributed by atoms with E-state index in [1.807, 2.05) is 120 Å². The fourth-order valence-electron chi connectivity index (χ4n) is 7.88. The average molecular weight is 735 g/mol. The Labute approximate surface area is 321 Å². The van der Waals surface area contributed by atoms with Crippen molar-refractivity contribution in [1.82, 2.24) is 40.0 Å². The third-order valence-corrected chi connectivity index (χ3v) is 10.9. The van der Waals surface area contributed by atoms with Crippen LogP contribution < -0.4 is 5.32 Å². The molecule has 0 unspecified atom stereocenters. The summed E-state index contributed by atoms with van der Waals surface area (Å²) >= 11 is 0. The summed E-state index contributed by atoms with van der Waals surface area (Å²) in [5, 5.41) is 3.04. The molecule has 0 radical (unpaired) electrons. The second-order valence-corrected chi connectivity index (χ2v) is 15.0. The number of carbonyl (C=O) groups excluding carboxylic acids is 3. The van der Waals surface area contributed by atoms with Crippen molar-refractivity contribution in [2.24, 2.45) is 5.92 Å². The number of carbonyl (C=O) groups is 3. The molecule has 3 N–H and O–H groups in total. The summed E-state index contributed by atoms with van der Waals surface area (Å²) in [6.45, 7) is 1.30. The summed E-state index contributed by atoms with van der Waals surface area (Å²) in [6.07, 6.45) is 8.72. The molecule has 3 fully saturated rings. The molecule has 3 aromatic carbocycles. The number of nitrogens with zero attached hydrogens (tertiary/aromatic N) is 5. The summed E-state index contributed by atoms with van der Waals surface area (Å²) < 4.78 is 0. The number of amides is 3. The van der Waals surface area contributed by atoms with Gasteiger partial charge in [-0.05, 0) is 87.4 Å². The largest absolute Gasteiger partial charge is 0.340 e. The van der Waals surface area contributed by atoms with E-state index in [4.69, 9.17) is 4.98 Å². The first-order valence-corrected chi connectivity index (χ1v) is 19.2. The number of aromatic amines is 2. The second kappa shape index (κ2) is 15.8. The van der Waals surface area contributed by atoms with Gasteiger partial charge in [-0.25, -0.2) is 9.97 Å². The fourth-order valence-corrected chi connectivity index (χ4v) is 7.88. The zero-order valence-electron chi connectivity index (χ0n) is 31.2. The number of nitrogens with one attached hydrogen (secondary N) is 3. The number of hydrogen-bond donors (Lipinski definition) is 3. The van der Waals surface area contributed by atoms with Crippen molar-refractivity contribution in [3.63, 3.8) is 0 Å². The van der Waals surface area contributed by atoms with E-state index in [0.717, 1.165) is 78.1 Å². The second-order valence-electron chi connectivity index (χ2n) is 15.0. The Morgan fingerprint density at radius 1 is 0.727 bits per heavy atom. The number of likely N-dealkylation sites (tertiary alicyclic amines) is 2. The summed E-state index contributed by atoms with van der Waals surface area (Å²) in [7, 11) is 3.88. The highest BCUT2D eigenvalue weighted by Crippen LogP contribution is 2.36. The Morgan fingerprint density at radius 3 is 1.96 bits per heavy atom. The first-order valence-electron chi connectivity index (χ1n) is 19.2. The van der Waals surface area contributed by atoms with Gasteiger partial charge in [0.25, 0.3) is 0 Å². The van der Waals surface area contributed by atoms with Gasteiger partial charge in [-0.15, -0.1) is 0 Å². The molecule has 11 heteroatoms. The highest BCUT2D eigenvalue weighted by atomic mass is 16.2. The minimum Gasteiger partial charge on any atom is -0.340 e. The van der Waals surface area contributed by atoms with Gasteiger partial charge in [0.15, 0.2) is 0 Å². The van der Waals surface area contributed by atoms with Crippen molar-refractivity contribution in [2.45, 2.75) is 62.7 Å². The van der Waals surface area contributed by atoms with Gasteiger partial charge in [-0.1, -0.05) is 78.7 Å². The number of rotatable bonds is 10. The van der Waals surface area contributed by atoms with Crippen LogP contribution in [0.5, 0.6) is 0 Å². The monoisotopic (exact) mass is 734 g/mol. The van der Waals surface area contributed by atoms with Crippen molar-refractivity contribution in [1.29, 1.82) is 0 Å². The highest BCUT2D eigenvalue weighted by Gasteiger charge is 2.40. The number of benzene rings is 3. The van der Waals surface area contributed by atoms with Gasteiger partial charge < -0.3 is 25.1 Å². The number of H-pyrrole nitrogens is 2. The Hall–Kier alpha value is -5.99. The van der Waals surface area contributed by atoms with Gasteiger partial charge in [-0.3, -0.25) is 19.3 Å². The molecule has 2 saturated heterocycles. The number of likely N-dealkylation sites (N-methyl/N-ethyl adjacent to an activating group) is 1. The number of hydrogen-bond acceptors (Lipinski definition) is 6. The molecule has 55 heavy (non-hydrogen) atoms. The molecule has 5 aromatic rings. The van der Waals surface area contributed by atoms with Crippen LogP contribution in [-0.4, -0.2) is 79.5 Å². The van der Waals surface area contributed by atoms with Crippen LogP contribution in [0.2, 0.25) is 0 Å². The van der Waals surface area contributed by atoms with Gasteiger partial charge in [-0.2, -0.15) is 0 Å². The number of imidazole rings is 2. The van der Waals surface area contributed by atoms with Crippen LogP contribution in [0.4, 0.5) is 0 Å². The lowest BCUT2D eigenvalue weighted by atomic mass is 10.0. The van der Waals surface area contributed by atoms with E-state index >= 15 is 0 Å². The zero-order chi connectivity index (χ0) is 37.9. The topological polar surface area (TPSA) is 130 Å². The number of aromatic nitrogens is 4. The third-order valence-electron chi connectivity index (χ3n) is 10.9. The van der Waals surface area contributed by atoms with E-state index in [-0.39, 0.29) is 41.8 Å². The summed E-state index contributed by atoms with van der Waals surface area (Å²) in [5.41, 5.74) is 5.12. The van der Waals surface area contributed by atoms with E-state index in [0.29, 0.717) is 18.8 Å². The lowest BCUT2D eigenvalue weighted by Gasteiger charge is -2.31. The molecule has 280 valence electrons. The smallest absolute Gasteiger partial charge is 0.250 e. The zero-order valence-corrected chi connectivity index (χ0v) is 31.2. The van der Waals surface area contributed by atoms with E-state index in [2.05, 4.69) is 32.1 Å². The molecule has 11 nitrogen and oxygen atoms in total. The first-order chi connectivity index (χ1) is 26.8. The minimum absolute atomic E-state index is 0.00479. The van der Waals surface area contributed by atoms with Crippen LogP contribution in [0.1, 0.15) is 96.7 Å². The maximum absolute atomic E-state index is 14.0. The molecule has 4 heterocycles. The van der Waals surface area contributed by atoms with E-state index < -0.39 is 6.04 Å². The molecule has 0 spiro atoms. The van der Waals surface area contributed by atoms with Crippen LogP contribution in [0.15, 0.2) is 97.3 Å². The third kappa shape index (κ3) is 7.82. The summed E-state index contributed by atoms with van der Waals surface area (Å²) in [5.74, 6) is 7.86. The lowest BCUT2D eigenvalue weighted by Crippen LogP contribution is -2.43. The van der Waals surface area contributed by atoms with Crippen LogP contribution in [0.25, 0.3) is 11.3 Å². The van der Waals surface area contributed by atoms with E-state index in [9.17, 15) is 14.4 Å². The summed E-state index contributed by atoms with van der Waals surface area (Å²) in [4.78, 5) is 62.6. The van der Waals surface area contributed by atoms with Gasteiger partial charge in [0, 0.05) is 24.6 Å². The maximum atomic E-state index is 14.0.